The van der Waals surface area contributed by atoms with E-state index in [-0.39, 0.29) is 30.1 Å². The van der Waals surface area contributed by atoms with E-state index in [4.69, 9.17) is 14.0 Å². The number of carbonyl (C=O) groups is 3. The maximum atomic E-state index is 13.9. The smallest absolute Gasteiger partial charge is 0.278 e. The van der Waals surface area contributed by atoms with E-state index in [9.17, 15) is 28.7 Å². The lowest BCUT2D eigenvalue weighted by Crippen LogP contribution is -2.45. The summed E-state index contributed by atoms with van der Waals surface area (Å²) in [7, 11) is 3.10. The minimum atomic E-state index is -1.16. The van der Waals surface area contributed by atoms with Gasteiger partial charge in [-0.3, -0.25) is 19.2 Å². The Kier molecular flexibility index (Phi) is 11.1. The van der Waals surface area contributed by atoms with Gasteiger partial charge in [0.1, 0.15) is 34.8 Å². The van der Waals surface area contributed by atoms with Crippen LogP contribution in [0.3, 0.4) is 0 Å². The summed E-state index contributed by atoms with van der Waals surface area (Å²) in [5, 5.41) is 19.3. The number of hydrogen-bond acceptors (Lipinski definition) is 9. The topological polar surface area (TPSA) is 165 Å². The molecule has 5 rings (SSSR count). The van der Waals surface area contributed by atoms with Crippen molar-refractivity contribution < 1.29 is 37.9 Å². The van der Waals surface area contributed by atoms with E-state index in [1.54, 1.807) is 38.2 Å². The average molecular weight is 676 g/mol. The Hall–Kier alpha value is -5.50. The molecular weight excluding hydrogens is 637 g/mol. The molecule has 1 fully saturated rings. The molecule has 14 heteroatoms. The Bertz CT molecular complexity index is 1860. The van der Waals surface area contributed by atoms with Gasteiger partial charge in [0.15, 0.2) is 5.69 Å². The Labute approximate surface area is 281 Å². The van der Waals surface area contributed by atoms with E-state index in [1.807, 2.05) is 6.07 Å². The number of halogens is 1. The Balaban J connectivity index is 1.32. The number of likely N-dealkylation sites (tertiary alicyclic amines) is 1. The van der Waals surface area contributed by atoms with Crippen molar-refractivity contribution >= 4 is 23.4 Å². The molecule has 13 nitrogen and oxygen atoms in total. The molecule has 0 aliphatic carbocycles. The number of pyridine rings is 1. The summed E-state index contributed by atoms with van der Waals surface area (Å²) in [5.74, 6) is -0.681. The lowest BCUT2D eigenvalue weighted by Gasteiger charge is -2.25. The predicted octanol–water partition coefficient (Wildman–Crippen LogP) is 3.25. The Morgan fingerprint density at radius 2 is 1.88 bits per heavy atom. The Morgan fingerprint density at radius 3 is 2.55 bits per heavy atom. The van der Waals surface area contributed by atoms with Gasteiger partial charge in [-0.15, -0.1) is 0 Å². The van der Waals surface area contributed by atoms with Crippen LogP contribution in [0.4, 0.5) is 10.1 Å². The van der Waals surface area contributed by atoms with Crippen molar-refractivity contribution in [1.29, 1.82) is 0 Å². The predicted molar refractivity (Wildman–Crippen MR) is 176 cm³/mol. The van der Waals surface area contributed by atoms with E-state index < -0.39 is 47.8 Å². The van der Waals surface area contributed by atoms with E-state index in [1.165, 1.54) is 53.2 Å². The molecule has 4 aromatic rings. The van der Waals surface area contributed by atoms with E-state index in [0.717, 1.165) is 5.56 Å². The first kappa shape index (κ1) is 34.8. The molecule has 49 heavy (non-hydrogen) atoms. The number of aryl methyl sites for hydroxylation is 1. The fourth-order valence-corrected chi connectivity index (χ4v) is 5.86. The van der Waals surface area contributed by atoms with E-state index in [2.05, 4.69) is 15.8 Å². The quantitative estimate of drug-likeness (QED) is 0.182. The zero-order valence-electron chi connectivity index (χ0n) is 27.4. The molecule has 3 heterocycles. The number of aromatic nitrogens is 2. The van der Waals surface area contributed by atoms with Crippen molar-refractivity contribution in [3.8, 4) is 11.5 Å². The van der Waals surface area contributed by atoms with Crippen LogP contribution in [0.1, 0.15) is 46.3 Å². The second-order valence-electron chi connectivity index (χ2n) is 11.8. The lowest BCUT2D eigenvalue weighted by atomic mass is 9.98. The summed E-state index contributed by atoms with van der Waals surface area (Å²) < 4.78 is 30.5. The first-order valence-electron chi connectivity index (χ1n) is 15.7. The number of methoxy groups -OCH3 is 2. The van der Waals surface area contributed by atoms with Crippen molar-refractivity contribution in [1.82, 2.24) is 19.9 Å². The molecule has 1 saturated heterocycles. The number of aliphatic hydroxyl groups excluding tert-OH is 1. The summed E-state index contributed by atoms with van der Waals surface area (Å²) in [6, 6.07) is 13.3. The summed E-state index contributed by atoms with van der Waals surface area (Å²) >= 11 is 0. The van der Waals surface area contributed by atoms with Gasteiger partial charge in [-0.05, 0) is 61.7 Å². The van der Waals surface area contributed by atoms with Gasteiger partial charge in [0.05, 0.1) is 26.9 Å². The first-order chi connectivity index (χ1) is 23.6. The second-order valence-corrected chi connectivity index (χ2v) is 11.8. The van der Waals surface area contributed by atoms with Crippen LogP contribution in [0.5, 0.6) is 11.5 Å². The van der Waals surface area contributed by atoms with Gasteiger partial charge in [-0.1, -0.05) is 17.3 Å². The zero-order chi connectivity index (χ0) is 35.1. The number of carbonyl (C=O) groups excluding carboxylic acids is 3. The summed E-state index contributed by atoms with van der Waals surface area (Å²) in [4.78, 5) is 55.4. The molecule has 0 saturated carbocycles. The molecule has 1 aliphatic rings. The molecule has 3 amide bonds. The molecule has 0 bridgehead atoms. The van der Waals surface area contributed by atoms with E-state index in [0.29, 0.717) is 42.3 Å². The normalized spacial score (nSPS) is 15.5. The molecule has 3 atom stereocenters. The maximum Gasteiger partial charge on any atom is 0.278 e. The van der Waals surface area contributed by atoms with Crippen LogP contribution in [0.2, 0.25) is 0 Å². The third kappa shape index (κ3) is 8.33. The number of hydrogen-bond donors (Lipinski definition) is 3. The molecule has 3 N–H and O–H groups in total. The van der Waals surface area contributed by atoms with Crippen LogP contribution >= 0.6 is 0 Å². The van der Waals surface area contributed by atoms with Crippen molar-refractivity contribution in [2.45, 2.75) is 44.8 Å². The van der Waals surface area contributed by atoms with Crippen molar-refractivity contribution in [3.63, 3.8) is 0 Å². The maximum absolute atomic E-state index is 13.9. The molecular formula is C35H38FN5O8. The fourth-order valence-electron chi connectivity index (χ4n) is 5.86. The van der Waals surface area contributed by atoms with Crippen molar-refractivity contribution in [3.05, 3.63) is 106 Å². The highest BCUT2D eigenvalue weighted by atomic mass is 19.1. The van der Waals surface area contributed by atoms with Gasteiger partial charge < -0.3 is 39.2 Å². The SMILES string of the molecule is COc1ccc(CN2CC[C@@H](C[C@@H](CO)NC(=O)[C@H](Cc3ccc(F)cc3)n3cccc(NC(=O)c4cc(C)on4)c3=O)C2=O)c(OC)c1. The standard InChI is InChI=1S/C35H38FN5O8/c1-21-15-29(39-49-21)32(43)38-28-5-4-13-41(35(28)46)30(16-22-6-9-25(36)10-7-22)33(44)37-26(20-42)17-23-12-14-40(34(23)45)19-24-8-11-27(47-2)18-31(24)48-3/h4-11,13,15,18,23,26,30,42H,12,14,16-17,19-20H2,1-3H3,(H,37,44)(H,38,43)/t23-,26-,30-/m0/s1. The van der Waals surface area contributed by atoms with Gasteiger partial charge in [0, 0.05) is 49.3 Å². The third-order valence-corrected chi connectivity index (χ3v) is 8.46. The number of amides is 3. The largest absolute Gasteiger partial charge is 0.497 e. The van der Waals surface area contributed by atoms with E-state index >= 15 is 0 Å². The van der Waals surface area contributed by atoms with Crippen LogP contribution < -0.4 is 25.7 Å². The summed E-state index contributed by atoms with van der Waals surface area (Å²) in [5.41, 5.74) is 0.579. The van der Waals surface area contributed by atoms with Gasteiger partial charge in [-0.2, -0.15) is 0 Å². The molecule has 2 aromatic heterocycles. The van der Waals surface area contributed by atoms with Crippen LogP contribution in [0.15, 0.2) is 76.2 Å². The Morgan fingerprint density at radius 1 is 1.10 bits per heavy atom. The minimum Gasteiger partial charge on any atom is -0.497 e. The molecule has 1 aliphatic heterocycles. The third-order valence-electron chi connectivity index (χ3n) is 8.46. The molecule has 0 radical (unpaired) electrons. The first-order valence-corrected chi connectivity index (χ1v) is 15.7. The second kappa shape index (κ2) is 15.6. The van der Waals surface area contributed by atoms with Gasteiger partial charge in [-0.25, -0.2) is 4.39 Å². The molecule has 0 unspecified atom stereocenters. The minimum absolute atomic E-state index is 0.0100. The summed E-state index contributed by atoms with van der Waals surface area (Å²) in [6.07, 6.45) is 2.09. The van der Waals surface area contributed by atoms with Gasteiger partial charge in [0.2, 0.25) is 11.8 Å². The summed E-state index contributed by atoms with van der Waals surface area (Å²) in [6.45, 7) is 1.98. The number of nitrogens with one attached hydrogen (secondary N) is 2. The molecule has 2 aromatic carbocycles. The van der Waals surface area contributed by atoms with Gasteiger partial charge >= 0.3 is 0 Å². The van der Waals surface area contributed by atoms with Crippen LogP contribution in [-0.2, 0) is 22.6 Å². The number of benzene rings is 2. The monoisotopic (exact) mass is 675 g/mol. The van der Waals surface area contributed by atoms with Gasteiger partial charge in [0.25, 0.3) is 11.5 Å². The lowest BCUT2D eigenvalue weighted by molar-refractivity contribution is -0.132. The van der Waals surface area contributed by atoms with Crippen LogP contribution in [0.25, 0.3) is 0 Å². The number of ether oxygens (including phenoxy) is 2. The number of nitrogens with zero attached hydrogens (tertiary/aromatic N) is 3. The van der Waals surface area contributed by atoms with Crippen molar-refractivity contribution in [2.75, 3.05) is 32.7 Å². The van der Waals surface area contributed by atoms with Crippen LogP contribution in [-0.4, -0.2) is 70.9 Å². The highest BCUT2D eigenvalue weighted by Crippen LogP contribution is 2.30. The average Bonchev–Trinajstić information content (AvgIpc) is 3.69. The molecule has 258 valence electrons. The zero-order valence-corrected chi connectivity index (χ0v) is 27.4. The highest BCUT2D eigenvalue weighted by molar-refractivity contribution is 6.02. The highest BCUT2D eigenvalue weighted by Gasteiger charge is 2.35. The van der Waals surface area contributed by atoms with Crippen molar-refractivity contribution in [2.24, 2.45) is 5.92 Å². The number of aliphatic hydroxyl groups is 1. The fraction of sp³-hybridized carbons (Fsp3) is 0.343. The number of anilines is 1. The molecule has 0 spiro atoms. The number of rotatable bonds is 14. The van der Waals surface area contributed by atoms with Crippen LogP contribution in [0, 0.1) is 18.7 Å².